The van der Waals surface area contributed by atoms with Crippen molar-refractivity contribution in [2.45, 2.75) is 6.04 Å². The monoisotopic (exact) mass is 441 g/mol. The number of nitrogens with one attached hydrogen (secondary N) is 1. The summed E-state index contributed by atoms with van der Waals surface area (Å²) < 4.78 is 20.5. The Bertz CT molecular complexity index is 993. The summed E-state index contributed by atoms with van der Waals surface area (Å²) in [6.45, 7) is -0.306. The molecule has 0 saturated carbocycles. The maximum Gasteiger partial charge on any atom is 0.258 e. The third-order valence-electron chi connectivity index (χ3n) is 3.96. The molecule has 3 rings (SSSR count). The molecular formula is C19H15Cl3FN3O2. The van der Waals surface area contributed by atoms with Gasteiger partial charge in [0.2, 0.25) is 0 Å². The number of halogens is 4. The summed E-state index contributed by atoms with van der Waals surface area (Å²) in [5, 5.41) is 3.63. The number of hydrogen-bond donors (Lipinski definition) is 1. The summed E-state index contributed by atoms with van der Waals surface area (Å²) in [6, 6.07) is 8.12. The van der Waals surface area contributed by atoms with Crippen LogP contribution in [0.5, 0.6) is 5.75 Å². The minimum Gasteiger partial charge on any atom is -0.482 e. The molecule has 0 radical (unpaired) electrons. The van der Waals surface area contributed by atoms with E-state index in [1.54, 1.807) is 36.1 Å². The topological polar surface area (TPSA) is 56.2 Å². The lowest BCUT2D eigenvalue weighted by atomic mass is 10.1. The first-order chi connectivity index (χ1) is 13.3. The highest BCUT2D eigenvalue weighted by molar-refractivity contribution is 6.43. The second-order valence-electron chi connectivity index (χ2n) is 5.93. The molecule has 146 valence electrons. The van der Waals surface area contributed by atoms with Gasteiger partial charge in [0.05, 0.1) is 15.1 Å². The first-order valence-corrected chi connectivity index (χ1v) is 9.28. The van der Waals surface area contributed by atoms with Gasteiger partial charge in [0.25, 0.3) is 5.91 Å². The van der Waals surface area contributed by atoms with Crippen LogP contribution < -0.4 is 10.1 Å². The van der Waals surface area contributed by atoms with Crippen molar-refractivity contribution in [3.63, 3.8) is 0 Å². The number of nitrogens with zero attached hydrogens (tertiary/aromatic N) is 2. The van der Waals surface area contributed by atoms with E-state index in [9.17, 15) is 9.18 Å². The van der Waals surface area contributed by atoms with Gasteiger partial charge in [0, 0.05) is 25.5 Å². The molecule has 1 heterocycles. The van der Waals surface area contributed by atoms with Crippen molar-refractivity contribution in [3.8, 4) is 5.75 Å². The van der Waals surface area contributed by atoms with Gasteiger partial charge in [-0.1, -0.05) is 46.9 Å². The van der Waals surface area contributed by atoms with Crippen molar-refractivity contribution >= 4 is 40.7 Å². The van der Waals surface area contributed by atoms with Gasteiger partial charge < -0.3 is 14.6 Å². The maximum atomic E-state index is 13.3. The number of ether oxygens (including phenoxy) is 1. The molecule has 3 aromatic rings. The van der Waals surface area contributed by atoms with Crippen molar-refractivity contribution in [1.29, 1.82) is 0 Å². The van der Waals surface area contributed by atoms with Crippen LogP contribution in [-0.2, 0) is 11.8 Å². The number of imidazole rings is 1. The molecular weight excluding hydrogens is 428 g/mol. The quantitative estimate of drug-likeness (QED) is 0.558. The highest BCUT2D eigenvalue weighted by atomic mass is 35.5. The average molecular weight is 443 g/mol. The van der Waals surface area contributed by atoms with E-state index in [1.807, 2.05) is 0 Å². The van der Waals surface area contributed by atoms with Gasteiger partial charge in [0.15, 0.2) is 6.61 Å². The lowest BCUT2D eigenvalue weighted by molar-refractivity contribution is -0.123. The second kappa shape index (κ2) is 8.82. The van der Waals surface area contributed by atoms with E-state index in [-0.39, 0.29) is 33.2 Å². The molecule has 0 fully saturated rings. The van der Waals surface area contributed by atoms with E-state index in [4.69, 9.17) is 39.5 Å². The molecule has 0 unspecified atom stereocenters. The van der Waals surface area contributed by atoms with Gasteiger partial charge in [0.1, 0.15) is 23.4 Å². The molecule has 0 aliphatic heterocycles. The third-order valence-corrected chi connectivity index (χ3v) is 4.98. The number of carbonyl (C=O) groups is 1. The Labute approximate surface area is 176 Å². The van der Waals surface area contributed by atoms with Gasteiger partial charge in [-0.15, -0.1) is 0 Å². The van der Waals surface area contributed by atoms with Crippen LogP contribution in [0.1, 0.15) is 17.4 Å². The van der Waals surface area contributed by atoms with Gasteiger partial charge in [-0.2, -0.15) is 0 Å². The van der Waals surface area contributed by atoms with E-state index in [1.165, 1.54) is 24.3 Å². The number of amides is 1. The molecule has 0 aliphatic rings. The molecule has 1 N–H and O–H groups in total. The summed E-state index contributed by atoms with van der Waals surface area (Å²) >= 11 is 17.9. The van der Waals surface area contributed by atoms with Crippen LogP contribution in [-0.4, -0.2) is 22.1 Å². The highest BCUT2D eigenvalue weighted by Gasteiger charge is 2.21. The normalized spacial score (nSPS) is 11.9. The number of carbonyl (C=O) groups excluding carboxylic acids is 1. The van der Waals surface area contributed by atoms with Crippen LogP contribution >= 0.6 is 34.8 Å². The Morgan fingerprint density at radius 2 is 1.86 bits per heavy atom. The predicted molar refractivity (Wildman–Crippen MR) is 107 cm³/mol. The van der Waals surface area contributed by atoms with Crippen LogP contribution in [0.2, 0.25) is 15.1 Å². The lowest BCUT2D eigenvalue weighted by Crippen LogP contribution is -2.34. The van der Waals surface area contributed by atoms with E-state index >= 15 is 0 Å². The molecule has 1 amide bonds. The summed E-state index contributed by atoms with van der Waals surface area (Å²) in [7, 11) is 1.80. The number of aryl methyl sites for hydroxylation is 1. The molecule has 0 spiro atoms. The van der Waals surface area contributed by atoms with Crippen molar-refractivity contribution in [3.05, 3.63) is 81.1 Å². The molecule has 2 aromatic carbocycles. The van der Waals surface area contributed by atoms with E-state index < -0.39 is 11.9 Å². The fourth-order valence-electron chi connectivity index (χ4n) is 2.57. The largest absolute Gasteiger partial charge is 0.482 e. The molecule has 1 atom stereocenters. The van der Waals surface area contributed by atoms with Crippen molar-refractivity contribution in [2.75, 3.05) is 6.61 Å². The number of aromatic nitrogens is 2. The molecule has 1 aromatic heterocycles. The molecule has 9 heteroatoms. The maximum absolute atomic E-state index is 13.3. The Morgan fingerprint density at radius 1 is 1.18 bits per heavy atom. The Kier molecular flexibility index (Phi) is 6.44. The van der Waals surface area contributed by atoms with E-state index in [2.05, 4.69) is 10.3 Å². The van der Waals surface area contributed by atoms with Crippen molar-refractivity contribution < 1.29 is 13.9 Å². The first-order valence-electron chi connectivity index (χ1n) is 8.14. The SMILES string of the molecule is Cn1ccnc1[C@H](NC(=O)COc1cc(Cl)c(Cl)cc1Cl)c1ccc(F)cc1. The second-order valence-corrected chi connectivity index (χ2v) is 7.16. The highest BCUT2D eigenvalue weighted by Crippen LogP contribution is 2.33. The van der Waals surface area contributed by atoms with Gasteiger partial charge in [-0.05, 0) is 23.8 Å². The standard InChI is InChI=1S/C19H15Cl3FN3O2/c1-26-7-6-24-19(26)18(11-2-4-12(23)5-3-11)25-17(27)10-28-16-9-14(21)13(20)8-15(16)22/h2-9,18H,10H2,1H3,(H,25,27)/t18-/m1/s1. The van der Waals surface area contributed by atoms with Gasteiger partial charge in [-0.25, -0.2) is 9.37 Å². The molecule has 5 nitrogen and oxygen atoms in total. The zero-order valence-corrected chi connectivity index (χ0v) is 16.9. The van der Waals surface area contributed by atoms with Crippen molar-refractivity contribution in [2.24, 2.45) is 7.05 Å². The smallest absolute Gasteiger partial charge is 0.258 e. The minimum atomic E-state index is -0.582. The van der Waals surface area contributed by atoms with Crippen LogP contribution in [0.4, 0.5) is 4.39 Å². The first kappa shape index (κ1) is 20.5. The predicted octanol–water partition coefficient (Wildman–Crippen LogP) is 4.80. The van der Waals surface area contributed by atoms with Crippen LogP contribution in [0.25, 0.3) is 0 Å². The van der Waals surface area contributed by atoms with E-state index in [0.29, 0.717) is 11.4 Å². The van der Waals surface area contributed by atoms with Crippen LogP contribution in [0, 0.1) is 5.82 Å². The van der Waals surface area contributed by atoms with Crippen LogP contribution in [0.15, 0.2) is 48.8 Å². The van der Waals surface area contributed by atoms with Gasteiger partial charge >= 0.3 is 0 Å². The molecule has 28 heavy (non-hydrogen) atoms. The Morgan fingerprint density at radius 3 is 2.50 bits per heavy atom. The van der Waals surface area contributed by atoms with Crippen molar-refractivity contribution in [1.82, 2.24) is 14.9 Å². The van der Waals surface area contributed by atoms with Crippen LogP contribution in [0.3, 0.4) is 0 Å². The zero-order valence-electron chi connectivity index (χ0n) is 14.6. The molecule has 0 saturated heterocycles. The fraction of sp³-hybridized carbons (Fsp3) is 0.158. The minimum absolute atomic E-state index is 0.237. The Hall–Kier alpha value is -2.28. The Balaban J connectivity index is 1.76. The summed E-state index contributed by atoms with van der Waals surface area (Å²) in [5.41, 5.74) is 0.677. The number of rotatable bonds is 6. The summed E-state index contributed by atoms with van der Waals surface area (Å²) in [5.74, 6) is 0.0415. The average Bonchev–Trinajstić information content (AvgIpc) is 3.08. The molecule has 0 bridgehead atoms. The van der Waals surface area contributed by atoms with E-state index in [0.717, 1.165) is 0 Å². The van der Waals surface area contributed by atoms with Gasteiger partial charge in [-0.3, -0.25) is 4.79 Å². The molecule has 0 aliphatic carbocycles. The summed E-state index contributed by atoms with van der Waals surface area (Å²) in [4.78, 5) is 16.8. The fourth-order valence-corrected chi connectivity index (χ4v) is 3.16. The number of hydrogen-bond acceptors (Lipinski definition) is 3. The third kappa shape index (κ3) is 4.76. The summed E-state index contributed by atoms with van der Waals surface area (Å²) in [6.07, 6.45) is 3.37. The lowest BCUT2D eigenvalue weighted by Gasteiger charge is -2.19. The zero-order chi connectivity index (χ0) is 20.3. The number of benzene rings is 2.